The number of nitrogens with one attached hydrogen (secondary N) is 1. The molecular formula is C19H20N2O5S. The molecule has 1 aliphatic rings. The molecule has 1 saturated heterocycles. The maximum Gasteiger partial charge on any atom is 0.267 e. The number of ether oxygens (including phenoxy) is 1. The number of rotatable bonds is 6. The predicted molar refractivity (Wildman–Crippen MR) is 99.7 cm³/mol. The first-order valence-corrected chi connectivity index (χ1v) is 10.0. The van der Waals surface area contributed by atoms with Gasteiger partial charge in [-0.1, -0.05) is 18.2 Å². The summed E-state index contributed by atoms with van der Waals surface area (Å²) in [6.45, 7) is 2.40. The van der Waals surface area contributed by atoms with E-state index in [1.807, 2.05) is 6.92 Å². The molecule has 8 heteroatoms. The van der Waals surface area contributed by atoms with Gasteiger partial charge in [0.1, 0.15) is 11.8 Å². The lowest BCUT2D eigenvalue weighted by Gasteiger charge is -2.23. The highest BCUT2D eigenvalue weighted by atomic mass is 32.2. The number of hydrogen-bond donors (Lipinski definition) is 1. The smallest absolute Gasteiger partial charge is 0.267 e. The topological polar surface area (TPSA) is 92.8 Å². The molecule has 1 heterocycles. The van der Waals surface area contributed by atoms with Crippen LogP contribution < -0.4 is 10.1 Å². The number of sulfonamides is 1. The van der Waals surface area contributed by atoms with Crippen molar-refractivity contribution < 1.29 is 22.7 Å². The van der Waals surface area contributed by atoms with E-state index in [2.05, 4.69) is 5.32 Å². The summed E-state index contributed by atoms with van der Waals surface area (Å²) in [4.78, 5) is 24.9. The Bertz CT molecular complexity index is 926. The molecule has 1 atom stereocenters. The van der Waals surface area contributed by atoms with Gasteiger partial charge in [0.05, 0.1) is 11.5 Å². The van der Waals surface area contributed by atoms with Gasteiger partial charge in [-0.25, -0.2) is 12.7 Å². The predicted octanol–water partition coefficient (Wildman–Crippen LogP) is 2.40. The molecule has 1 N–H and O–H groups in total. The van der Waals surface area contributed by atoms with Gasteiger partial charge in [-0.2, -0.15) is 0 Å². The zero-order chi connectivity index (χ0) is 19.4. The average Bonchev–Trinajstić information content (AvgIpc) is 3.07. The van der Waals surface area contributed by atoms with Gasteiger partial charge in [-0.15, -0.1) is 0 Å². The molecule has 142 valence electrons. The van der Waals surface area contributed by atoms with Gasteiger partial charge in [0, 0.05) is 12.1 Å². The van der Waals surface area contributed by atoms with Crippen molar-refractivity contribution in [1.29, 1.82) is 0 Å². The van der Waals surface area contributed by atoms with Crippen LogP contribution in [0.4, 0.5) is 5.69 Å². The molecule has 0 radical (unpaired) electrons. The van der Waals surface area contributed by atoms with Crippen LogP contribution in [0.1, 0.15) is 19.8 Å². The first-order chi connectivity index (χ1) is 12.9. The third-order valence-electron chi connectivity index (χ3n) is 4.20. The lowest BCUT2D eigenvalue weighted by atomic mass is 10.2. The number of nitrogens with zero attached hydrogens (tertiary/aromatic N) is 1. The summed E-state index contributed by atoms with van der Waals surface area (Å²) in [5, 5.41) is 2.67. The summed E-state index contributed by atoms with van der Waals surface area (Å²) in [5.41, 5.74) is 0.500. The molecular weight excluding hydrogens is 368 g/mol. The van der Waals surface area contributed by atoms with Crippen LogP contribution in [0, 0.1) is 0 Å². The second-order valence-electron chi connectivity index (χ2n) is 6.01. The van der Waals surface area contributed by atoms with Gasteiger partial charge in [-0.05, 0) is 49.7 Å². The molecule has 2 aromatic rings. The molecule has 2 aromatic carbocycles. The maximum absolute atomic E-state index is 12.8. The van der Waals surface area contributed by atoms with E-state index in [4.69, 9.17) is 4.74 Å². The summed E-state index contributed by atoms with van der Waals surface area (Å²) >= 11 is 0. The minimum absolute atomic E-state index is 0.00737. The third-order valence-corrected chi connectivity index (χ3v) is 6.04. The normalized spacial score (nSPS) is 17.0. The second kappa shape index (κ2) is 7.79. The Balaban J connectivity index is 1.80. The molecule has 0 bridgehead atoms. The van der Waals surface area contributed by atoms with Gasteiger partial charge in [0.25, 0.3) is 10.0 Å². The Morgan fingerprint density at radius 2 is 1.81 bits per heavy atom. The van der Waals surface area contributed by atoms with Crippen molar-refractivity contribution in [2.24, 2.45) is 0 Å². The Hall–Kier alpha value is -2.87. The summed E-state index contributed by atoms with van der Waals surface area (Å²) in [5.74, 6) is -0.449. The molecule has 2 amide bonds. The SMILES string of the molecule is CCOc1ccc(NC(=O)[C@@H]2CCC(=O)N2S(=O)(=O)c2ccccc2)cc1. The van der Waals surface area contributed by atoms with E-state index in [1.54, 1.807) is 42.5 Å². The second-order valence-corrected chi connectivity index (χ2v) is 7.82. The Morgan fingerprint density at radius 1 is 1.15 bits per heavy atom. The quantitative estimate of drug-likeness (QED) is 0.820. The van der Waals surface area contributed by atoms with Crippen LogP contribution in [0.5, 0.6) is 5.75 Å². The number of anilines is 1. The highest BCUT2D eigenvalue weighted by Crippen LogP contribution is 2.28. The minimum Gasteiger partial charge on any atom is -0.494 e. The van der Waals surface area contributed by atoms with Crippen molar-refractivity contribution in [1.82, 2.24) is 4.31 Å². The molecule has 0 saturated carbocycles. The van der Waals surface area contributed by atoms with Gasteiger partial charge in [0.2, 0.25) is 11.8 Å². The Labute approximate surface area is 158 Å². The van der Waals surface area contributed by atoms with Crippen molar-refractivity contribution in [3.63, 3.8) is 0 Å². The fourth-order valence-electron chi connectivity index (χ4n) is 2.93. The molecule has 7 nitrogen and oxygen atoms in total. The number of hydrogen-bond acceptors (Lipinski definition) is 5. The van der Waals surface area contributed by atoms with E-state index >= 15 is 0 Å². The van der Waals surface area contributed by atoms with Crippen LogP contribution in [0.2, 0.25) is 0 Å². The lowest BCUT2D eigenvalue weighted by Crippen LogP contribution is -2.45. The van der Waals surface area contributed by atoms with E-state index in [0.29, 0.717) is 22.3 Å². The number of benzene rings is 2. The maximum atomic E-state index is 12.8. The van der Waals surface area contributed by atoms with Crippen molar-refractivity contribution in [2.75, 3.05) is 11.9 Å². The first-order valence-electron chi connectivity index (χ1n) is 8.59. The summed E-state index contributed by atoms with van der Waals surface area (Å²) in [7, 11) is -4.09. The van der Waals surface area contributed by atoms with Crippen LogP contribution in [-0.2, 0) is 19.6 Å². The standard InChI is InChI=1S/C19H20N2O5S/c1-2-26-15-10-8-14(9-11-15)20-19(23)17-12-13-18(22)21(17)27(24,25)16-6-4-3-5-7-16/h3-11,17H,2,12-13H2,1H3,(H,20,23)/t17-/m0/s1. The highest BCUT2D eigenvalue weighted by molar-refractivity contribution is 7.89. The van der Waals surface area contributed by atoms with E-state index < -0.39 is 27.9 Å². The first kappa shape index (κ1) is 18.9. The van der Waals surface area contributed by atoms with Gasteiger partial charge >= 0.3 is 0 Å². The monoisotopic (exact) mass is 388 g/mol. The zero-order valence-electron chi connectivity index (χ0n) is 14.8. The van der Waals surface area contributed by atoms with Crippen LogP contribution in [0.25, 0.3) is 0 Å². The van der Waals surface area contributed by atoms with Crippen molar-refractivity contribution in [3.8, 4) is 5.75 Å². The number of carbonyl (C=O) groups is 2. The van der Waals surface area contributed by atoms with Gasteiger partial charge in [-0.3, -0.25) is 9.59 Å². The molecule has 1 aliphatic heterocycles. The Kier molecular flexibility index (Phi) is 5.46. The molecule has 0 spiro atoms. The van der Waals surface area contributed by atoms with E-state index in [1.165, 1.54) is 12.1 Å². The van der Waals surface area contributed by atoms with Gasteiger partial charge < -0.3 is 10.1 Å². The molecule has 3 rings (SSSR count). The summed E-state index contributed by atoms with van der Waals surface area (Å²) in [6.07, 6.45) is 0.154. The summed E-state index contributed by atoms with van der Waals surface area (Å²) in [6, 6.07) is 13.3. The fraction of sp³-hybridized carbons (Fsp3) is 0.263. The van der Waals surface area contributed by atoms with E-state index in [-0.39, 0.29) is 17.7 Å². The lowest BCUT2D eigenvalue weighted by molar-refractivity contribution is -0.128. The summed E-state index contributed by atoms with van der Waals surface area (Å²) < 4.78 is 31.7. The molecule has 0 unspecified atom stereocenters. The molecule has 27 heavy (non-hydrogen) atoms. The Morgan fingerprint density at radius 3 is 2.44 bits per heavy atom. The zero-order valence-corrected chi connectivity index (χ0v) is 15.6. The molecule has 0 aliphatic carbocycles. The molecule has 0 aromatic heterocycles. The fourth-order valence-corrected chi connectivity index (χ4v) is 4.56. The van der Waals surface area contributed by atoms with Crippen molar-refractivity contribution in [3.05, 3.63) is 54.6 Å². The van der Waals surface area contributed by atoms with Gasteiger partial charge in [0.15, 0.2) is 0 Å². The largest absolute Gasteiger partial charge is 0.494 e. The van der Waals surface area contributed by atoms with Crippen LogP contribution >= 0.6 is 0 Å². The van der Waals surface area contributed by atoms with Crippen molar-refractivity contribution >= 4 is 27.5 Å². The number of carbonyl (C=O) groups excluding carboxylic acids is 2. The van der Waals surface area contributed by atoms with E-state index in [9.17, 15) is 18.0 Å². The van der Waals surface area contributed by atoms with Crippen LogP contribution in [0.3, 0.4) is 0 Å². The molecule has 1 fully saturated rings. The van der Waals surface area contributed by atoms with E-state index in [0.717, 1.165) is 0 Å². The minimum atomic E-state index is -4.09. The number of amides is 2. The third kappa shape index (κ3) is 3.95. The highest BCUT2D eigenvalue weighted by Gasteiger charge is 2.44. The van der Waals surface area contributed by atoms with Crippen LogP contribution in [-0.4, -0.2) is 37.2 Å². The average molecular weight is 388 g/mol. The van der Waals surface area contributed by atoms with Crippen LogP contribution in [0.15, 0.2) is 59.5 Å². The van der Waals surface area contributed by atoms with Crippen molar-refractivity contribution in [2.45, 2.75) is 30.7 Å².